The van der Waals surface area contributed by atoms with Crippen molar-refractivity contribution in [2.24, 2.45) is 5.73 Å². The molecule has 3 nitrogen and oxygen atoms in total. The van der Waals surface area contributed by atoms with Gasteiger partial charge < -0.3 is 10.8 Å². The number of aliphatic hydroxyl groups excluding tert-OH is 1. The molecule has 0 spiro atoms. The number of nitrogens with two attached hydrogens (primary N) is 1. The molecule has 0 aliphatic rings. The molecule has 4 heteroatoms. The van der Waals surface area contributed by atoms with Crippen LogP contribution in [0.1, 0.15) is 10.6 Å². The molecule has 0 aliphatic carbocycles. The Balaban J connectivity index is 2.30. The molecule has 1 atom stereocenters. The van der Waals surface area contributed by atoms with Crippen LogP contribution in [0.3, 0.4) is 0 Å². The van der Waals surface area contributed by atoms with Crippen molar-refractivity contribution >= 4 is 21.6 Å². The molecule has 0 saturated carbocycles. The van der Waals surface area contributed by atoms with Gasteiger partial charge in [0.25, 0.3) is 0 Å². The zero-order valence-electron chi connectivity index (χ0n) is 8.60. The number of hydrogen-bond donors (Lipinski definition) is 2. The summed E-state index contributed by atoms with van der Waals surface area (Å²) in [5.74, 6) is 0. The Kier molecular flexibility index (Phi) is 3.00. The minimum absolute atomic E-state index is 0.0275. The maximum absolute atomic E-state index is 8.88. The fraction of sp³-hybridized carbons (Fsp3) is 0.364. The van der Waals surface area contributed by atoms with Crippen molar-refractivity contribution in [1.82, 2.24) is 4.98 Å². The van der Waals surface area contributed by atoms with Crippen molar-refractivity contribution in [3.63, 3.8) is 0 Å². The Morgan fingerprint density at radius 1 is 1.53 bits per heavy atom. The lowest BCUT2D eigenvalue weighted by Crippen LogP contribution is -2.26. The van der Waals surface area contributed by atoms with Gasteiger partial charge in [-0.2, -0.15) is 0 Å². The van der Waals surface area contributed by atoms with E-state index in [-0.39, 0.29) is 12.6 Å². The van der Waals surface area contributed by atoms with Gasteiger partial charge in [-0.25, -0.2) is 4.98 Å². The summed E-state index contributed by atoms with van der Waals surface area (Å²) < 4.78 is 1.19. The van der Waals surface area contributed by atoms with E-state index in [0.29, 0.717) is 6.42 Å². The molecule has 1 aromatic carbocycles. The maximum Gasteiger partial charge on any atom is 0.0907 e. The first-order chi connectivity index (χ1) is 7.19. The number of rotatable bonds is 3. The predicted molar refractivity (Wildman–Crippen MR) is 63.1 cm³/mol. The van der Waals surface area contributed by atoms with Crippen LogP contribution in [0, 0.1) is 6.92 Å². The van der Waals surface area contributed by atoms with Crippen LogP contribution < -0.4 is 5.73 Å². The van der Waals surface area contributed by atoms with E-state index in [9.17, 15) is 0 Å². The highest BCUT2D eigenvalue weighted by atomic mass is 32.1. The van der Waals surface area contributed by atoms with Gasteiger partial charge in [0.05, 0.1) is 21.8 Å². The van der Waals surface area contributed by atoms with Gasteiger partial charge in [-0.15, -0.1) is 11.3 Å². The van der Waals surface area contributed by atoms with Crippen LogP contribution >= 0.6 is 11.3 Å². The third kappa shape index (κ3) is 2.34. The van der Waals surface area contributed by atoms with Crippen LogP contribution in [0.4, 0.5) is 0 Å². The molecule has 80 valence electrons. The van der Waals surface area contributed by atoms with E-state index in [2.05, 4.69) is 11.1 Å². The summed E-state index contributed by atoms with van der Waals surface area (Å²) in [6.07, 6.45) is 0.712. The molecule has 0 aliphatic heterocycles. The largest absolute Gasteiger partial charge is 0.395 e. The molecule has 1 heterocycles. The Labute approximate surface area is 92.6 Å². The highest BCUT2D eigenvalue weighted by Gasteiger charge is 2.05. The lowest BCUT2D eigenvalue weighted by Gasteiger charge is -2.07. The number of aryl methyl sites for hydroxylation is 1. The molecular weight excluding hydrogens is 208 g/mol. The zero-order valence-corrected chi connectivity index (χ0v) is 9.42. The van der Waals surface area contributed by atoms with Crippen LogP contribution in [0.25, 0.3) is 10.2 Å². The zero-order chi connectivity index (χ0) is 10.8. The molecule has 1 unspecified atom stereocenters. The van der Waals surface area contributed by atoms with Crippen molar-refractivity contribution in [3.8, 4) is 0 Å². The minimum atomic E-state index is -0.170. The molecule has 1 aromatic heterocycles. The van der Waals surface area contributed by atoms with Gasteiger partial charge in [0.1, 0.15) is 0 Å². The molecule has 0 radical (unpaired) electrons. The molecule has 0 fully saturated rings. The fourth-order valence-electron chi connectivity index (χ4n) is 1.58. The minimum Gasteiger partial charge on any atom is -0.395 e. The molecule has 2 aromatic rings. The number of aliphatic hydroxyl groups is 1. The van der Waals surface area contributed by atoms with E-state index in [1.807, 2.05) is 19.1 Å². The summed E-state index contributed by atoms with van der Waals surface area (Å²) in [6, 6.07) is 5.97. The first kappa shape index (κ1) is 10.5. The van der Waals surface area contributed by atoms with Gasteiger partial charge in [0.2, 0.25) is 0 Å². The van der Waals surface area contributed by atoms with Gasteiger partial charge in [-0.3, -0.25) is 0 Å². The van der Waals surface area contributed by atoms with Crippen molar-refractivity contribution in [2.45, 2.75) is 19.4 Å². The Morgan fingerprint density at radius 3 is 3.07 bits per heavy atom. The third-order valence-electron chi connectivity index (χ3n) is 2.29. The number of nitrogens with zero attached hydrogens (tertiary/aromatic N) is 1. The Morgan fingerprint density at radius 2 is 2.33 bits per heavy atom. The Hall–Kier alpha value is -0.970. The predicted octanol–water partition coefficient (Wildman–Crippen LogP) is 1.47. The average Bonchev–Trinajstić information content (AvgIpc) is 2.57. The van der Waals surface area contributed by atoms with Crippen LogP contribution in [0.5, 0.6) is 0 Å². The summed E-state index contributed by atoms with van der Waals surface area (Å²) in [7, 11) is 0. The van der Waals surface area contributed by atoms with Crippen LogP contribution in [0.15, 0.2) is 18.2 Å². The molecule has 3 N–H and O–H groups in total. The highest BCUT2D eigenvalue weighted by molar-refractivity contribution is 7.18. The third-order valence-corrected chi connectivity index (χ3v) is 3.23. The smallest absolute Gasteiger partial charge is 0.0907 e. The molecule has 2 rings (SSSR count). The average molecular weight is 222 g/mol. The van der Waals surface area contributed by atoms with Crippen molar-refractivity contribution in [3.05, 3.63) is 28.8 Å². The second-order valence-electron chi connectivity index (χ2n) is 3.68. The molecule has 15 heavy (non-hydrogen) atoms. The summed E-state index contributed by atoms with van der Waals surface area (Å²) in [5.41, 5.74) is 7.89. The highest BCUT2D eigenvalue weighted by Crippen LogP contribution is 2.22. The van der Waals surface area contributed by atoms with Gasteiger partial charge in [-0.1, -0.05) is 6.07 Å². The van der Waals surface area contributed by atoms with E-state index in [1.54, 1.807) is 11.3 Å². The van der Waals surface area contributed by atoms with Crippen LogP contribution in [-0.2, 0) is 6.42 Å². The van der Waals surface area contributed by atoms with Crippen molar-refractivity contribution < 1.29 is 5.11 Å². The monoisotopic (exact) mass is 222 g/mol. The van der Waals surface area contributed by atoms with Crippen LogP contribution in [0.2, 0.25) is 0 Å². The first-order valence-corrected chi connectivity index (χ1v) is 5.73. The Bertz CT molecular complexity index is 467. The molecule has 0 bridgehead atoms. The second kappa shape index (κ2) is 4.26. The summed E-state index contributed by atoms with van der Waals surface area (Å²) >= 11 is 1.69. The van der Waals surface area contributed by atoms with E-state index in [0.717, 1.165) is 16.1 Å². The maximum atomic E-state index is 8.88. The number of benzene rings is 1. The van der Waals surface area contributed by atoms with Gasteiger partial charge in [-0.05, 0) is 31.0 Å². The number of aromatic nitrogens is 1. The molecule has 0 amide bonds. The van der Waals surface area contributed by atoms with E-state index in [4.69, 9.17) is 10.8 Å². The van der Waals surface area contributed by atoms with Gasteiger partial charge >= 0.3 is 0 Å². The van der Waals surface area contributed by atoms with Crippen molar-refractivity contribution in [2.75, 3.05) is 6.61 Å². The lowest BCUT2D eigenvalue weighted by atomic mass is 10.1. The number of hydrogen-bond acceptors (Lipinski definition) is 4. The van der Waals surface area contributed by atoms with Crippen molar-refractivity contribution in [1.29, 1.82) is 0 Å². The topological polar surface area (TPSA) is 59.1 Å². The van der Waals surface area contributed by atoms with E-state index >= 15 is 0 Å². The normalized spacial score (nSPS) is 13.3. The first-order valence-electron chi connectivity index (χ1n) is 4.91. The second-order valence-corrected chi connectivity index (χ2v) is 4.92. The summed E-state index contributed by atoms with van der Waals surface area (Å²) in [4.78, 5) is 4.39. The van der Waals surface area contributed by atoms with Gasteiger partial charge in [0, 0.05) is 6.04 Å². The number of thiazole rings is 1. The quantitative estimate of drug-likeness (QED) is 0.826. The van der Waals surface area contributed by atoms with E-state index in [1.165, 1.54) is 4.70 Å². The summed E-state index contributed by atoms with van der Waals surface area (Å²) in [5, 5.41) is 9.96. The SMILES string of the molecule is Cc1nc2ccc(CC(N)CO)cc2s1. The lowest BCUT2D eigenvalue weighted by molar-refractivity contribution is 0.265. The fourth-order valence-corrected chi connectivity index (χ4v) is 2.47. The van der Waals surface area contributed by atoms with E-state index < -0.39 is 0 Å². The molecular formula is C11H14N2OS. The standard InChI is InChI=1S/C11H14N2OS/c1-7-13-10-3-2-8(4-9(12)6-14)5-11(10)15-7/h2-3,5,9,14H,4,6,12H2,1H3. The van der Waals surface area contributed by atoms with Gasteiger partial charge in [0.15, 0.2) is 0 Å². The molecule has 0 saturated heterocycles. The van der Waals surface area contributed by atoms with Crippen LogP contribution in [-0.4, -0.2) is 22.7 Å². The number of fused-ring (bicyclic) bond motifs is 1. The summed E-state index contributed by atoms with van der Waals surface area (Å²) in [6.45, 7) is 2.03.